The third-order valence-corrected chi connectivity index (χ3v) is 4.86. The number of benzene rings is 2. The SMILES string of the molecule is CC(C)(C)c1cccc(-c2ccc(-c3ccccc3)s2)c1. The van der Waals surface area contributed by atoms with Crippen molar-refractivity contribution in [1.82, 2.24) is 0 Å². The van der Waals surface area contributed by atoms with Crippen LogP contribution in [0.4, 0.5) is 0 Å². The van der Waals surface area contributed by atoms with Crippen LogP contribution in [0.5, 0.6) is 0 Å². The quantitative estimate of drug-likeness (QED) is 0.514. The lowest BCUT2D eigenvalue weighted by atomic mass is 9.86. The molecule has 0 spiro atoms. The van der Waals surface area contributed by atoms with E-state index in [1.165, 1.54) is 26.4 Å². The van der Waals surface area contributed by atoms with Crippen LogP contribution in [0.15, 0.2) is 66.7 Å². The van der Waals surface area contributed by atoms with E-state index in [2.05, 4.69) is 87.5 Å². The normalized spacial score (nSPS) is 11.6. The summed E-state index contributed by atoms with van der Waals surface area (Å²) in [6.07, 6.45) is 0. The van der Waals surface area contributed by atoms with E-state index < -0.39 is 0 Å². The van der Waals surface area contributed by atoms with Crippen LogP contribution in [-0.4, -0.2) is 0 Å². The van der Waals surface area contributed by atoms with Crippen molar-refractivity contribution in [3.05, 3.63) is 72.3 Å². The minimum absolute atomic E-state index is 0.190. The Morgan fingerprint density at radius 1 is 0.667 bits per heavy atom. The van der Waals surface area contributed by atoms with Gasteiger partial charge >= 0.3 is 0 Å². The predicted molar refractivity (Wildman–Crippen MR) is 93.9 cm³/mol. The first kappa shape index (κ1) is 14.1. The lowest BCUT2D eigenvalue weighted by Crippen LogP contribution is -2.10. The largest absolute Gasteiger partial charge is 0.135 e. The summed E-state index contributed by atoms with van der Waals surface area (Å²) in [5, 5.41) is 0. The van der Waals surface area contributed by atoms with Gasteiger partial charge in [-0.05, 0) is 40.3 Å². The highest BCUT2D eigenvalue weighted by molar-refractivity contribution is 7.18. The van der Waals surface area contributed by atoms with Crippen LogP contribution < -0.4 is 0 Å². The van der Waals surface area contributed by atoms with Crippen LogP contribution in [0, 0.1) is 0 Å². The van der Waals surface area contributed by atoms with Gasteiger partial charge in [0, 0.05) is 9.75 Å². The van der Waals surface area contributed by atoms with Crippen molar-refractivity contribution in [3.8, 4) is 20.9 Å². The molecule has 1 heterocycles. The Balaban J connectivity index is 1.97. The fraction of sp³-hybridized carbons (Fsp3) is 0.200. The molecule has 21 heavy (non-hydrogen) atoms. The summed E-state index contributed by atoms with van der Waals surface area (Å²) < 4.78 is 0. The maximum Gasteiger partial charge on any atom is 0.0349 e. The molecule has 0 aliphatic rings. The van der Waals surface area contributed by atoms with E-state index in [1.54, 1.807) is 0 Å². The van der Waals surface area contributed by atoms with Gasteiger partial charge < -0.3 is 0 Å². The maximum atomic E-state index is 2.32. The van der Waals surface area contributed by atoms with Crippen molar-refractivity contribution >= 4 is 11.3 Å². The van der Waals surface area contributed by atoms with Crippen LogP contribution in [-0.2, 0) is 5.41 Å². The third kappa shape index (κ3) is 3.08. The molecule has 1 aromatic heterocycles. The summed E-state index contributed by atoms with van der Waals surface area (Å²) in [7, 11) is 0. The Bertz CT molecular complexity index is 730. The lowest BCUT2D eigenvalue weighted by molar-refractivity contribution is 0.590. The summed E-state index contributed by atoms with van der Waals surface area (Å²) in [6, 6.07) is 23.9. The summed E-state index contributed by atoms with van der Waals surface area (Å²) in [4.78, 5) is 2.66. The van der Waals surface area contributed by atoms with Crippen molar-refractivity contribution in [3.63, 3.8) is 0 Å². The average molecular weight is 292 g/mol. The highest BCUT2D eigenvalue weighted by Gasteiger charge is 2.14. The van der Waals surface area contributed by atoms with Gasteiger partial charge in [0.05, 0.1) is 0 Å². The van der Waals surface area contributed by atoms with E-state index in [4.69, 9.17) is 0 Å². The molecule has 0 aliphatic heterocycles. The first-order chi connectivity index (χ1) is 10.0. The highest BCUT2D eigenvalue weighted by Crippen LogP contribution is 2.35. The van der Waals surface area contributed by atoms with Crippen molar-refractivity contribution in [1.29, 1.82) is 0 Å². The molecule has 3 aromatic rings. The molecule has 0 N–H and O–H groups in total. The van der Waals surface area contributed by atoms with E-state index in [0.29, 0.717) is 0 Å². The summed E-state index contributed by atoms with van der Waals surface area (Å²) in [5.41, 5.74) is 4.18. The molecular formula is C20H20S. The van der Waals surface area contributed by atoms with E-state index in [-0.39, 0.29) is 5.41 Å². The first-order valence-electron chi connectivity index (χ1n) is 7.30. The molecule has 0 bridgehead atoms. The van der Waals surface area contributed by atoms with Crippen molar-refractivity contribution in [2.24, 2.45) is 0 Å². The Morgan fingerprint density at radius 3 is 1.95 bits per heavy atom. The zero-order chi connectivity index (χ0) is 14.9. The smallest absolute Gasteiger partial charge is 0.0349 e. The number of hydrogen-bond donors (Lipinski definition) is 0. The second kappa shape index (κ2) is 5.50. The second-order valence-corrected chi connectivity index (χ2v) is 7.44. The van der Waals surface area contributed by atoms with Gasteiger partial charge in [-0.1, -0.05) is 69.3 Å². The Labute approximate surface area is 131 Å². The molecule has 0 aliphatic carbocycles. The number of rotatable bonds is 2. The monoisotopic (exact) mass is 292 g/mol. The van der Waals surface area contributed by atoms with Crippen molar-refractivity contribution in [2.45, 2.75) is 26.2 Å². The zero-order valence-electron chi connectivity index (χ0n) is 12.8. The zero-order valence-corrected chi connectivity index (χ0v) is 13.6. The molecule has 1 heteroatoms. The molecule has 3 rings (SSSR count). The molecule has 0 atom stereocenters. The molecule has 0 unspecified atom stereocenters. The predicted octanol–water partition coefficient (Wildman–Crippen LogP) is 6.38. The standard InChI is InChI=1S/C20H20S/c1-20(2,3)17-11-7-10-16(14-17)19-13-12-18(21-19)15-8-5-4-6-9-15/h4-14H,1-3H3. The van der Waals surface area contributed by atoms with E-state index in [9.17, 15) is 0 Å². The molecule has 0 radical (unpaired) electrons. The highest BCUT2D eigenvalue weighted by atomic mass is 32.1. The van der Waals surface area contributed by atoms with Gasteiger partial charge in [0.2, 0.25) is 0 Å². The van der Waals surface area contributed by atoms with Crippen LogP contribution >= 0.6 is 11.3 Å². The lowest BCUT2D eigenvalue weighted by Gasteiger charge is -2.19. The van der Waals surface area contributed by atoms with Crippen LogP contribution in [0.25, 0.3) is 20.9 Å². The molecule has 2 aromatic carbocycles. The van der Waals surface area contributed by atoms with Gasteiger partial charge in [-0.25, -0.2) is 0 Å². The molecule has 0 amide bonds. The first-order valence-corrected chi connectivity index (χ1v) is 8.12. The van der Waals surface area contributed by atoms with E-state index >= 15 is 0 Å². The molecular weight excluding hydrogens is 272 g/mol. The summed E-state index contributed by atoms with van der Waals surface area (Å²) >= 11 is 1.86. The number of hydrogen-bond acceptors (Lipinski definition) is 1. The van der Waals surface area contributed by atoms with Crippen molar-refractivity contribution < 1.29 is 0 Å². The Kier molecular flexibility index (Phi) is 3.69. The molecule has 0 saturated carbocycles. The topological polar surface area (TPSA) is 0 Å². The van der Waals surface area contributed by atoms with Crippen LogP contribution in [0.3, 0.4) is 0 Å². The van der Waals surface area contributed by atoms with Gasteiger partial charge in [0.1, 0.15) is 0 Å². The van der Waals surface area contributed by atoms with Gasteiger partial charge in [-0.3, -0.25) is 0 Å². The maximum absolute atomic E-state index is 2.32. The summed E-state index contributed by atoms with van der Waals surface area (Å²) in [5.74, 6) is 0. The van der Waals surface area contributed by atoms with E-state index in [0.717, 1.165) is 0 Å². The fourth-order valence-electron chi connectivity index (χ4n) is 2.39. The fourth-order valence-corrected chi connectivity index (χ4v) is 3.40. The van der Waals surface area contributed by atoms with E-state index in [1.807, 2.05) is 11.3 Å². The van der Waals surface area contributed by atoms with Crippen LogP contribution in [0.1, 0.15) is 26.3 Å². The molecule has 106 valence electrons. The third-order valence-electron chi connectivity index (χ3n) is 3.68. The van der Waals surface area contributed by atoms with Gasteiger partial charge in [-0.2, -0.15) is 0 Å². The minimum atomic E-state index is 0.190. The minimum Gasteiger partial charge on any atom is -0.135 e. The average Bonchev–Trinajstić information content (AvgIpc) is 2.97. The second-order valence-electron chi connectivity index (χ2n) is 6.36. The Morgan fingerprint density at radius 2 is 1.29 bits per heavy atom. The summed E-state index contributed by atoms with van der Waals surface area (Å²) in [6.45, 7) is 6.78. The Hall–Kier alpha value is -1.86. The molecule has 0 nitrogen and oxygen atoms in total. The molecule has 0 fully saturated rings. The number of thiophene rings is 1. The van der Waals surface area contributed by atoms with Crippen molar-refractivity contribution in [2.75, 3.05) is 0 Å². The van der Waals surface area contributed by atoms with Gasteiger partial charge in [0.25, 0.3) is 0 Å². The van der Waals surface area contributed by atoms with Gasteiger partial charge in [0.15, 0.2) is 0 Å². The van der Waals surface area contributed by atoms with Crippen LogP contribution in [0.2, 0.25) is 0 Å². The molecule has 0 saturated heterocycles. The van der Waals surface area contributed by atoms with Gasteiger partial charge in [-0.15, -0.1) is 11.3 Å².